The van der Waals surface area contributed by atoms with Gasteiger partial charge in [0, 0.05) is 28.4 Å². The Labute approximate surface area is 122 Å². The van der Waals surface area contributed by atoms with E-state index < -0.39 is 0 Å². The SMILES string of the molecule is CCCNC(Cc1sccc1Br)C1OCCC1C. The maximum Gasteiger partial charge on any atom is 0.0757 e. The number of hydrogen-bond donors (Lipinski definition) is 1. The Bertz CT molecular complexity index is 368. The fraction of sp³-hybridized carbons (Fsp3) is 0.714. The second-order valence-corrected chi connectivity index (χ2v) is 6.91. The van der Waals surface area contributed by atoms with Crippen molar-refractivity contribution in [1.82, 2.24) is 5.32 Å². The van der Waals surface area contributed by atoms with Crippen LogP contribution in [-0.4, -0.2) is 25.3 Å². The summed E-state index contributed by atoms with van der Waals surface area (Å²) in [4.78, 5) is 1.42. The molecule has 0 spiro atoms. The molecule has 2 heterocycles. The molecule has 0 aromatic carbocycles. The van der Waals surface area contributed by atoms with Crippen molar-refractivity contribution in [2.75, 3.05) is 13.2 Å². The maximum absolute atomic E-state index is 5.94. The van der Waals surface area contributed by atoms with Crippen LogP contribution in [0.1, 0.15) is 31.6 Å². The minimum Gasteiger partial charge on any atom is -0.376 e. The van der Waals surface area contributed by atoms with E-state index in [1.54, 1.807) is 0 Å². The lowest BCUT2D eigenvalue weighted by molar-refractivity contribution is 0.0612. The van der Waals surface area contributed by atoms with Gasteiger partial charge >= 0.3 is 0 Å². The van der Waals surface area contributed by atoms with Crippen LogP contribution < -0.4 is 5.32 Å². The number of thiophene rings is 1. The van der Waals surface area contributed by atoms with Gasteiger partial charge in [0.05, 0.1) is 6.10 Å². The average Bonchev–Trinajstić information content (AvgIpc) is 2.94. The lowest BCUT2D eigenvalue weighted by atomic mass is 9.95. The number of hydrogen-bond acceptors (Lipinski definition) is 3. The Morgan fingerprint density at radius 2 is 2.44 bits per heavy atom. The Morgan fingerprint density at radius 1 is 1.61 bits per heavy atom. The summed E-state index contributed by atoms with van der Waals surface area (Å²) in [6.07, 6.45) is 3.79. The fourth-order valence-corrected chi connectivity index (χ4v) is 4.11. The summed E-state index contributed by atoms with van der Waals surface area (Å²) in [5.41, 5.74) is 0. The molecule has 4 heteroatoms. The van der Waals surface area contributed by atoms with Gasteiger partial charge in [-0.2, -0.15) is 0 Å². The van der Waals surface area contributed by atoms with Crippen molar-refractivity contribution in [3.63, 3.8) is 0 Å². The first kappa shape index (κ1) is 14.5. The number of rotatable bonds is 6. The van der Waals surface area contributed by atoms with E-state index in [1.807, 2.05) is 11.3 Å². The molecule has 2 rings (SSSR count). The molecule has 18 heavy (non-hydrogen) atoms. The van der Waals surface area contributed by atoms with Crippen LogP contribution >= 0.6 is 27.3 Å². The van der Waals surface area contributed by atoms with Gasteiger partial charge in [-0.25, -0.2) is 0 Å². The summed E-state index contributed by atoms with van der Waals surface area (Å²) in [6.45, 7) is 6.51. The highest BCUT2D eigenvalue weighted by Crippen LogP contribution is 2.29. The van der Waals surface area contributed by atoms with Crippen LogP contribution in [0.15, 0.2) is 15.9 Å². The molecule has 1 fully saturated rings. The molecule has 1 saturated heterocycles. The minimum atomic E-state index is 0.366. The standard InChI is InChI=1S/C14H22BrNOS/c1-3-6-16-12(14-10(2)4-7-17-14)9-13-11(15)5-8-18-13/h5,8,10,12,14,16H,3-4,6-7,9H2,1-2H3. The maximum atomic E-state index is 5.94. The van der Waals surface area contributed by atoms with Gasteiger partial charge in [0.25, 0.3) is 0 Å². The lowest BCUT2D eigenvalue weighted by Crippen LogP contribution is -2.44. The highest BCUT2D eigenvalue weighted by Gasteiger charge is 2.32. The molecule has 0 amide bonds. The second kappa shape index (κ2) is 7.04. The third kappa shape index (κ3) is 3.56. The molecule has 0 aliphatic carbocycles. The van der Waals surface area contributed by atoms with E-state index in [4.69, 9.17) is 4.74 Å². The molecular formula is C14H22BrNOS. The van der Waals surface area contributed by atoms with Crippen LogP contribution in [0.25, 0.3) is 0 Å². The molecule has 0 radical (unpaired) electrons. The van der Waals surface area contributed by atoms with Crippen molar-refractivity contribution in [3.05, 3.63) is 20.8 Å². The van der Waals surface area contributed by atoms with E-state index in [0.29, 0.717) is 18.1 Å². The van der Waals surface area contributed by atoms with Gasteiger partial charge in [0.2, 0.25) is 0 Å². The highest BCUT2D eigenvalue weighted by molar-refractivity contribution is 9.10. The van der Waals surface area contributed by atoms with Crippen LogP contribution in [0.2, 0.25) is 0 Å². The Morgan fingerprint density at radius 3 is 3.00 bits per heavy atom. The van der Waals surface area contributed by atoms with Gasteiger partial charge in [0.15, 0.2) is 0 Å². The highest BCUT2D eigenvalue weighted by atomic mass is 79.9. The molecule has 1 N–H and O–H groups in total. The molecule has 3 unspecified atom stereocenters. The summed E-state index contributed by atoms with van der Waals surface area (Å²) < 4.78 is 7.18. The quantitative estimate of drug-likeness (QED) is 0.854. The van der Waals surface area contributed by atoms with Crippen molar-refractivity contribution in [3.8, 4) is 0 Å². The summed E-state index contributed by atoms with van der Waals surface area (Å²) >= 11 is 5.46. The lowest BCUT2D eigenvalue weighted by Gasteiger charge is -2.27. The third-order valence-corrected chi connectivity index (χ3v) is 5.54. The largest absolute Gasteiger partial charge is 0.376 e. The second-order valence-electron chi connectivity index (χ2n) is 5.06. The molecule has 102 valence electrons. The smallest absolute Gasteiger partial charge is 0.0757 e. The number of halogens is 1. The molecule has 3 atom stereocenters. The average molecular weight is 332 g/mol. The number of ether oxygens (including phenoxy) is 1. The van der Waals surface area contributed by atoms with E-state index in [9.17, 15) is 0 Å². The Kier molecular flexibility index (Phi) is 5.67. The zero-order valence-corrected chi connectivity index (χ0v) is 13.5. The summed E-state index contributed by atoms with van der Waals surface area (Å²) in [7, 11) is 0. The van der Waals surface area contributed by atoms with Gasteiger partial charge in [0.1, 0.15) is 0 Å². The number of nitrogens with one attached hydrogen (secondary N) is 1. The van der Waals surface area contributed by atoms with Crippen molar-refractivity contribution in [2.45, 2.75) is 45.3 Å². The molecule has 1 aromatic rings. The van der Waals surface area contributed by atoms with Gasteiger partial charge in [-0.15, -0.1) is 11.3 Å². The predicted molar refractivity (Wildman–Crippen MR) is 81.3 cm³/mol. The van der Waals surface area contributed by atoms with E-state index in [-0.39, 0.29) is 0 Å². The fourth-order valence-electron chi connectivity index (χ4n) is 2.54. The monoisotopic (exact) mass is 331 g/mol. The molecule has 1 aromatic heterocycles. The first-order chi connectivity index (χ1) is 8.72. The van der Waals surface area contributed by atoms with Gasteiger partial charge in [-0.3, -0.25) is 0 Å². The third-order valence-electron chi connectivity index (χ3n) is 3.59. The van der Waals surface area contributed by atoms with Crippen LogP contribution in [0.4, 0.5) is 0 Å². The topological polar surface area (TPSA) is 21.3 Å². The molecule has 2 nitrogen and oxygen atoms in total. The van der Waals surface area contributed by atoms with Crippen molar-refractivity contribution >= 4 is 27.3 Å². The molecule has 0 bridgehead atoms. The van der Waals surface area contributed by atoms with Crippen molar-refractivity contribution in [1.29, 1.82) is 0 Å². The van der Waals surface area contributed by atoms with Gasteiger partial charge in [-0.05, 0) is 52.7 Å². The Balaban J connectivity index is 2.02. The van der Waals surface area contributed by atoms with E-state index in [0.717, 1.165) is 19.6 Å². The van der Waals surface area contributed by atoms with E-state index in [1.165, 1.54) is 22.2 Å². The first-order valence-corrected chi connectivity index (χ1v) is 8.46. The van der Waals surface area contributed by atoms with Crippen molar-refractivity contribution in [2.24, 2.45) is 5.92 Å². The zero-order chi connectivity index (χ0) is 13.0. The summed E-state index contributed by atoms with van der Waals surface area (Å²) in [5.74, 6) is 0.665. The zero-order valence-electron chi connectivity index (χ0n) is 11.1. The molecule has 1 aliphatic heterocycles. The van der Waals surface area contributed by atoms with Gasteiger partial charge < -0.3 is 10.1 Å². The predicted octanol–water partition coefficient (Wildman–Crippen LogP) is 3.85. The van der Waals surface area contributed by atoms with Crippen LogP contribution in [0, 0.1) is 5.92 Å². The normalized spacial score (nSPS) is 25.5. The van der Waals surface area contributed by atoms with Gasteiger partial charge in [-0.1, -0.05) is 13.8 Å². The molecule has 1 aliphatic rings. The first-order valence-electron chi connectivity index (χ1n) is 6.79. The summed E-state index contributed by atoms with van der Waals surface area (Å²) in [6, 6.07) is 2.58. The van der Waals surface area contributed by atoms with Crippen LogP contribution in [0.5, 0.6) is 0 Å². The van der Waals surface area contributed by atoms with E-state index in [2.05, 4.69) is 46.5 Å². The van der Waals surface area contributed by atoms with E-state index >= 15 is 0 Å². The van der Waals surface area contributed by atoms with Crippen molar-refractivity contribution < 1.29 is 4.74 Å². The Hall–Kier alpha value is 0.1000. The molecule has 0 saturated carbocycles. The molecular weight excluding hydrogens is 310 g/mol. The van der Waals surface area contributed by atoms with Crippen LogP contribution in [-0.2, 0) is 11.2 Å². The van der Waals surface area contributed by atoms with Crippen LogP contribution in [0.3, 0.4) is 0 Å². The summed E-state index contributed by atoms with van der Waals surface area (Å²) in [5, 5.41) is 5.82. The minimum absolute atomic E-state index is 0.366.